The van der Waals surface area contributed by atoms with E-state index in [-0.39, 0.29) is 5.60 Å². The summed E-state index contributed by atoms with van der Waals surface area (Å²) in [6.07, 6.45) is 7.30. The Morgan fingerprint density at radius 2 is 2.14 bits per heavy atom. The predicted octanol–water partition coefficient (Wildman–Crippen LogP) is 3.55. The quantitative estimate of drug-likeness (QED) is 0.611. The summed E-state index contributed by atoms with van der Waals surface area (Å²) in [5.74, 6) is 1.60. The first kappa shape index (κ1) is 10.2. The first-order valence-electron chi connectivity index (χ1n) is 6.01. The predicted molar refractivity (Wildman–Crippen MR) is 59.2 cm³/mol. The van der Waals surface area contributed by atoms with Crippen molar-refractivity contribution in [3.8, 4) is 0 Å². The lowest BCUT2D eigenvalue weighted by Gasteiger charge is -2.35. The molecule has 0 aromatic carbocycles. The molecule has 0 amide bonds. The lowest BCUT2D eigenvalue weighted by Crippen LogP contribution is -2.36. The van der Waals surface area contributed by atoms with Crippen molar-refractivity contribution in [2.75, 3.05) is 6.61 Å². The first-order chi connectivity index (χ1) is 6.72. The summed E-state index contributed by atoms with van der Waals surface area (Å²) in [5, 5.41) is 0. The van der Waals surface area contributed by atoms with E-state index in [0.29, 0.717) is 0 Å². The van der Waals surface area contributed by atoms with Gasteiger partial charge in [-0.15, -0.1) is 0 Å². The van der Waals surface area contributed by atoms with Crippen LogP contribution in [0, 0.1) is 11.8 Å². The van der Waals surface area contributed by atoms with Gasteiger partial charge in [0.1, 0.15) is 0 Å². The van der Waals surface area contributed by atoms with Gasteiger partial charge in [0, 0.05) is 0 Å². The van der Waals surface area contributed by atoms with E-state index in [1.165, 1.54) is 25.7 Å². The Morgan fingerprint density at radius 1 is 1.43 bits per heavy atom. The highest BCUT2D eigenvalue weighted by Crippen LogP contribution is 2.47. The number of fused-ring (bicyclic) bond motifs is 1. The molecular weight excluding hydrogens is 172 g/mol. The maximum absolute atomic E-state index is 6.10. The number of ether oxygens (including phenoxy) is 1. The molecule has 0 radical (unpaired) electrons. The van der Waals surface area contributed by atoms with E-state index < -0.39 is 0 Å². The summed E-state index contributed by atoms with van der Waals surface area (Å²) >= 11 is 0. The van der Waals surface area contributed by atoms with Crippen molar-refractivity contribution in [3.63, 3.8) is 0 Å². The fourth-order valence-corrected chi connectivity index (χ4v) is 3.34. The molecule has 1 heteroatoms. The molecule has 2 rings (SSSR count). The van der Waals surface area contributed by atoms with E-state index >= 15 is 0 Å². The van der Waals surface area contributed by atoms with Gasteiger partial charge in [-0.2, -0.15) is 0 Å². The summed E-state index contributed by atoms with van der Waals surface area (Å²) in [6, 6.07) is 0. The summed E-state index contributed by atoms with van der Waals surface area (Å²) in [6.45, 7) is 7.81. The Kier molecular flexibility index (Phi) is 2.70. The molecule has 0 aromatic heterocycles. The van der Waals surface area contributed by atoms with Gasteiger partial charge in [-0.3, -0.25) is 0 Å². The monoisotopic (exact) mass is 194 g/mol. The van der Waals surface area contributed by atoms with Crippen molar-refractivity contribution < 1.29 is 4.74 Å². The normalized spacial score (nSPS) is 35.2. The van der Waals surface area contributed by atoms with Crippen molar-refractivity contribution in [1.29, 1.82) is 0 Å². The molecule has 2 atom stereocenters. The molecule has 0 bridgehead atoms. The van der Waals surface area contributed by atoms with Crippen molar-refractivity contribution >= 4 is 0 Å². The number of rotatable bonds is 2. The van der Waals surface area contributed by atoms with Crippen molar-refractivity contribution in [2.24, 2.45) is 11.8 Å². The second-order valence-electron chi connectivity index (χ2n) is 4.94. The SMILES string of the molecule is CCC1(CC)OCC2CC(C)=CCC21. The standard InChI is InChI=1S/C13H22O/c1-4-13(5-2)12-7-6-10(3)8-11(12)9-14-13/h6,11-12H,4-5,7-9H2,1-3H3. The zero-order valence-electron chi connectivity index (χ0n) is 9.68. The Balaban J connectivity index is 2.18. The largest absolute Gasteiger partial charge is 0.374 e. The molecule has 14 heavy (non-hydrogen) atoms. The van der Waals surface area contributed by atoms with Crippen LogP contribution in [0.4, 0.5) is 0 Å². The van der Waals surface area contributed by atoms with Crippen LogP contribution >= 0.6 is 0 Å². The van der Waals surface area contributed by atoms with E-state index in [9.17, 15) is 0 Å². The van der Waals surface area contributed by atoms with Crippen molar-refractivity contribution in [3.05, 3.63) is 11.6 Å². The maximum Gasteiger partial charge on any atom is 0.0712 e. The molecule has 1 aliphatic heterocycles. The number of hydrogen-bond acceptors (Lipinski definition) is 1. The van der Waals surface area contributed by atoms with Crippen molar-refractivity contribution in [2.45, 2.75) is 52.1 Å². The van der Waals surface area contributed by atoms with Gasteiger partial charge in [0.25, 0.3) is 0 Å². The average molecular weight is 194 g/mol. The van der Waals surface area contributed by atoms with E-state index in [4.69, 9.17) is 4.74 Å². The molecule has 2 unspecified atom stereocenters. The Bertz CT molecular complexity index is 238. The molecule has 0 aromatic rings. The van der Waals surface area contributed by atoms with Crippen LogP contribution in [0.5, 0.6) is 0 Å². The van der Waals surface area contributed by atoms with Crippen LogP contribution in [-0.4, -0.2) is 12.2 Å². The van der Waals surface area contributed by atoms with E-state index in [0.717, 1.165) is 18.4 Å². The molecular formula is C13H22O. The minimum Gasteiger partial charge on any atom is -0.374 e. The van der Waals surface area contributed by atoms with Crippen molar-refractivity contribution in [1.82, 2.24) is 0 Å². The van der Waals surface area contributed by atoms with Gasteiger partial charge in [0.15, 0.2) is 0 Å². The highest BCUT2D eigenvalue weighted by molar-refractivity contribution is 5.11. The molecule has 1 nitrogen and oxygen atoms in total. The minimum absolute atomic E-state index is 0.210. The molecule has 80 valence electrons. The fourth-order valence-electron chi connectivity index (χ4n) is 3.34. The summed E-state index contributed by atoms with van der Waals surface area (Å²) in [4.78, 5) is 0. The first-order valence-corrected chi connectivity index (χ1v) is 6.01. The van der Waals surface area contributed by atoms with Crippen LogP contribution in [0.3, 0.4) is 0 Å². The molecule has 0 N–H and O–H groups in total. The van der Waals surface area contributed by atoms with Gasteiger partial charge in [-0.25, -0.2) is 0 Å². The summed E-state index contributed by atoms with van der Waals surface area (Å²) in [7, 11) is 0. The van der Waals surface area contributed by atoms with Crippen LogP contribution in [0.2, 0.25) is 0 Å². The van der Waals surface area contributed by atoms with Gasteiger partial charge in [-0.1, -0.05) is 25.5 Å². The summed E-state index contributed by atoms with van der Waals surface area (Å²) in [5.41, 5.74) is 1.78. The molecule has 1 heterocycles. The molecule has 0 saturated carbocycles. The van der Waals surface area contributed by atoms with E-state index in [1.54, 1.807) is 5.57 Å². The van der Waals surface area contributed by atoms with Crippen LogP contribution in [0.1, 0.15) is 46.5 Å². The number of hydrogen-bond donors (Lipinski definition) is 0. The average Bonchev–Trinajstić information content (AvgIpc) is 2.56. The lowest BCUT2D eigenvalue weighted by molar-refractivity contribution is -0.0275. The van der Waals surface area contributed by atoms with Crippen LogP contribution in [0.15, 0.2) is 11.6 Å². The van der Waals surface area contributed by atoms with Gasteiger partial charge in [-0.05, 0) is 44.4 Å². The van der Waals surface area contributed by atoms with Crippen LogP contribution in [-0.2, 0) is 4.74 Å². The molecule has 1 aliphatic carbocycles. The highest BCUT2D eigenvalue weighted by Gasteiger charge is 2.47. The second-order valence-corrected chi connectivity index (χ2v) is 4.94. The maximum atomic E-state index is 6.10. The Labute approximate surface area is 87.5 Å². The Morgan fingerprint density at radius 3 is 2.79 bits per heavy atom. The highest BCUT2D eigenvalue weighted by atomic mass is 16.5. The van der Waals surface area contributed by atoms with Gasteiger partial charge in [0.2, 0.25) is 0 Å². The third-order valence-corrected chi connectivity index (χ3v) is 4.33. The molecule has 1 saturated heterocycles. The summed E-state index contributed by atoms with van der Waals surface area (Å²) < 4.78 is 6.10. The number of allylic oxidation sites excluding steroid dienone is 2. The Hall–Kier alpha value is -0.300. The third kappa shape index (κ3) is 1.42. The minimum atomic E-state index is 0.210. The third-order valence-electron chi connectivity index (χ3n) is 4.33. The second kappa shape index (κ2) is 3.69. The smallest absolute Gasteiger partial charge is 0.0712 e. The topological polar surface area (TPSA) is 9.23 Å². The molecule has 2 aliphatic rings. The van der Waals surface area contributed by atoms with Gasteiger partial charge >= 0.3 is 0 Å². The van der Waals surface area contributed by atoms with E-state index in [1.807, 2.05) is 0 Å². The zero-order valence-corrected chi connectivity index (χ0v) is 9.68. The van der Waals surface area contributed by atoms with Crippen LogP contribution < -0.4 is 0 Å². The van der Waals surface area contributed by atoms with Crippen LogP contribution in [0.25, 0.3) is 0 Å². The zero-order chi connectivity index (χ0) is 10.2. The molecule has 1 fully saturated rings. The van der Waals surface area contributed by atoms with Gasteiger partial charge in [0.05, 0.1) is 12.2 Å². The lowest BCUT2D eigenvalue weighted by atomic mass is 9.71. The molecule has 0 spiro atoms. The van der Waals surface area contributed by atoms with E-state index in [2.05, 4.69) is 26.8 Å². The fraction of sp³-hybridized carbons (Fsp3) is 0.846. The van der Waals surface area contributed by atoms with Gasteiger partial charge < -0.3 is 4.74 Å².